The van der Waals surface area contributed by atoms with Crippen LogP contribution < -0.4 is 0 Å². The lowest BCUT2D eigenvalue weighted by Crippen LogP contribution is -2.21. The number of hydrogen-bond donors (Lipinski definition) is 0. The van der Waals surface area contributed by atoms with Gasteiger partial charge in [-0.15, -0.1) is 0 Å². The SMILES string of the molecule is C[C@]1(/C=C/CI)CC(c2ccccc2)=NO1. The summed E-state index contributed by atoms with van der Waals surface area (Å²) >= 11 is 2.32. The number of halogens is 1. The van der Waals surface area contributed by atoms with Gasteiger partial charge in [0.25, 0.3) is 0 Å². The first-order valence-electron chi connectivity index (χ1n) is 5.28. The number of oxime groups is 1. The molecule has 0 aliphatic carbocycles. The molecule has 1 aliphatic heterocycles. The van der Waals surface area contributed by atoms with Crippen molar-refractivity contribution in [1.82, 2.24) is 0 Å². The summed E-state index contributed by atoms with van der Waals surface area (Å²) < 4.78 is 0.997. The highest BCUT2D eigenvalue weighted by Gasteiger charge is 2.31. The lowest BCUT2D eigenvalue weighted by Gasteiger charge is -2.15. The van der Waals surface area contributed by atoms with E-state index in [1.807, 2.05) is 18.2 Å². The second-order valence-electron chi connectivity index (χ2n) is 4.04. The molecule has 0 unspecified atom stereocenters. The molecule has 1 atom stereocenters. The summed E-state index contributed by atoms with van der Waals surface area (Å²) in [4.78, 5) is 5.51. The van der Waals surface area contributed by atoms with Crippen LogP contribution in [0.2, 0.25) is 0 Å². The van der Waals surface area contributed by atoms with Crippen LogP contribution in [-0.2, 0) is 4.84 Å². The molecule has 0 N–H and O–H groups in total. The molecule has 0 spiro atoms. The molecular formula is C13H14INO. The van der Waals surface area contributed by atoms with Crippen LogP contribution in [0.4, 0.5) is 0 Å². The van der Waals surface area contributed by atoms with Crippen molar-refractivity contribution in [3.63, 3.8) is 0 Å². The topological polar surface area (TPSA) is 21.6 Å². The van der Waals surface area contributed by atoms with Crippen molar-refractivity contribution < 1.29 is 4.84 Å². The lowest BCUT2D eigenvalue weighted by molar-refractivity contribution is 0.0362. The number of allylic oxidation sites excluding steroid dienone is 1. The van der Waals surface area contributed by atoms with Gasteiger partial charge in [-0.2, -0.15) is 0 Å². The van der Waals surface area contributed by atoms with Gasteiger partial charge in [0.1, 0.15) is 0 Å². The molecule has 0 saturated carbocycles. The van der Waals surface area contributed by atoms with Crippen LogP contribution in [0.3, 0.4) is 0 Å². The first kappa shape index (κ1) is 11.6. The molecule has 1 aromatic carbocycles. The highest BCUT2D eigenvalue weighted by Crippen LogP contribution is 2.27. The van der Waals surface area contributed by atoms with E-state index in [1.54, 1.807) is 0 Å². The second-order valence-corrected chi connectivity index (χ2v) is 4.92. The molecule has 84 valence electrons. The first-order chi connectivity index (χ1) is 7.73. The van der Waals surface area contributed by atoms with Crippen LogP contribution in [0, 0.1) is 0 Å². The van der Waals surface area contributed by atoms with Crippen molar-refractivity contribution in [2.75, 3.05) is 4.43 Å². The summed E-state index contributed by atoms with van der Waals surface area (Å²) in [6.45, 7) is 2.06. The zero-order valence-corrected chi connectivity index (χ0v) is 11.3. The Morgan fingerprint density at radius 1 is 1.44 bits per heavy atom. The molecule has 1 aromatic rings. The Labute approximate surface area is 110 Å². The van der Waals surface area contributed by atoms with E-state index in [0.29, 0.717) is 0 Å². The van der Waals surface area contributed by atoms with Gasteiger partial charge in [-0.05, 0) is 18.6 Å². The van der Waals surface area contributed by atoms with E-state index in [1.165, 1.54) is 0 Å². The maximum atomic E-state index is 5.51. The molecule has 3 heteroatoms. The summed E-state index contributed by atoms with van der Waals surface area (Å²) in [5.41, 5.74) is 1.91. The Balaban J connectivity index is 2.10. The second kappa shape index (κ2) is 4.99. The lowest BCUT2D eigenvalue weighted by atomic mass is 9.96. The Morgan fingerprint density at radius 2 is 2.19 bits per heavy atom. The first-order valence-corrected chi connectivity index (χ1v) is 6.80. The molecule has 16 heavy (non-hydrogen) atoms. The number of rotatable bonds is 3. The van der Waals surface area contributed by atoms with Gasteiger partial charge in [0.15, 0.2) is 5.60 Å². The van der Waals surface area contributed by atoms with Crippen molar-refractivity contribution in [3.05, 3.63) is 48.0 Å². The van der Waals surface area contributed by atoms with Gasteiger partial charge in [0, 0.05) is 10.8 Å². The van der Waals surface area contributed by atoms with Crippen molar-refractivity contribution in [2.45, 2.75) is 18.9 Å². The van der Waals surface area contributed by atoms with E-state index in [4.69, 9.17) is 4.84 Å². The third kappa shape index (κ3) is 2.64. The van der Waals surface area contributed by atoms with Gasteiger partial charge in [-0.25, -0.2) is 0 Å². The quantitative estimate of drug-likeness (QED) is 0.473. The number of hydrogen-bond acceptors (Lipinski definition) is 2. The van der Waals surface area contributed by atoms with E-state index in [-0.39, 0.29) is 5.60 Å². The van der Waals surface area contributed by atoms with Gasteiger partial charge in [-0.1, -0.05) is 64.2 Å². The molecule has 0 saturated heterocycles. The van der Waals surface area contributed by atoms with Crippen LogP contribution in [0.1, 0.15) is 18.9 Å². The van der Waals surface area contributed by atoms with Crippen molar-refractivity contribution >= 4 is 28.3 Å². The van der Waals surface area contributed by atoms with Gasteiger partial charge >= 0.3 is 0 Å². The summed E-state index contributed by atoms with van der Waals surface area (Å²) in [5.74, 6) is 0. The standard InChI is InChI=1S/C13H14INO/c1-13(8-5-9-14)10-12(15-16-13)11-6-3-2-4-7-11/h2-8H,9-10H2,1H3/b8-5+/t13-/m0/s1. The largest absolute Gasteiger partial charge is 0.385 e. The van der Waals surface area contributed by atoms with Gasteiger partial charge in [0.2, 0.25) is 0 Å². The highest BCUT2D eigenvalue weighted by molar-refractivity contribution is 14.1. The van der Waals surface area contributed by atoms with Crippen molar-refractivity contribution in [2.24, 2.45) is 5.16 Å². The monoisotopic (exact) mass is 327 g/mol. The Kier molecular flexibility index (Phi) is 3.63. The van der Waals surface area contributed by atoms with Crippen LogP contribution in [0.5, 0.6) is 0 Å². The Bertz CT molecular complexity index is 413. The molecule has 1 aliphatic rings. The van der Waals surface area contributed by atoms with Gasteiger partial charge in [0.05, 0.1) is 5.71 Å². The zero-order valence-electron chi connectivity index (χ0n) is 9.19. The Hall–Kier alpha value is -0.840. The molecule has 0 aromatic heterocycles. The zero-order chi connectivity index (χ0) is 11.4. The van der Waals surface area contributed by atoms with E-state index < -0.39 is 0 Å². The van der Waals surface area contributed by atoms with E-state index in [9.17, 15) is 0 Å². The molecule has 0 fully saturated rings. The van der Waals surface area contributed by atoms with Crippen molar-refractivity contribution in [3.8, 4) is 0 Å². The molecule has 2 rings (SSSR count). The van der Waals surface area contributed by atoms with E-state index >= 15 is 0 Å². The van der Waals surface area contributed by atoms with Crippen LogP contribution in [-0.4, -0.2) is 15.7 Å². The predicted octanol–water partition coefficient (Wildman–Crippen LogP) is 3.56. The molecule has 0 bridgehead atoms. The predicted molar refractivity (Wildman–Crippen MR) is 75.1 cm³/mol. The van der Waals surface area contributed by atoms with E-state index in [2.05, 4.69) is 59.0 Å². The van der Waals surface area contributed by atoms with E-state index in [0.717, 1.165) is 22.1 Å². The molecule has 2 nitrogen and oxygen atoms in total. The van der Waals surface area contributed by atoms with Gasteiger partial charge in [-0.3, -0.25) is 0 Å². The summed E-state index contributed by atoms with van der Waals surface area (Å²) in [6.07, 6.45) is 5.05. The maximum Gasteiger partial charge on any atom is 0.158 e. The summed E-state index contributed by atoms with van der Waals surface area (Å²) in [6, 6.07) is 10.2. The van der Waals surface area contributed by atoms with Crippen LogP contribution in [0.15, 0.2) is 47.6 Å². The fraction of sp³-hybridized carbons (Fsp3) is 0.308. The van der Waals surface area contributed by atoms with Crippen LogP contribution in [0.25, 0.3) is 0 Å². The number of nitrogens with zero attached hydrogens (tertiary/aromatic N) is 1. The number of alkyl halides is 1. The molecule has 1 heterocycles. The van der Waals surface area contributed by atoms with Crippen LogP contribution >= 0.6 is 22.6 Å². The minimum Gasteiger partial charge on any atom is -0.385 e. The molecular weight excluding hydrogens is 313 g/mol. The average molecular weight is 327 g/mol. The average Bonchev–Trinajstić information content (AvgIpc) is 2.71. The fourth-order valence-corrected chi connectivity index (χ4v) is 1.98. The minimum atomic E-state index is -0.268. The maximum absolute atomic E-state index is 5.51. The molecule has 0 amide bonds. The smallest absolute Gasteiger partial charge is 0.158 e. The number of benzene rings is 1. The normalized spacial score (nSPS) is 24.5. The Morgan fingerprint density at radius 3 is 2.88 bits per heavy atom. The minimum absolute atomic E-state index is 0.268. The summed E-state index contributed by atoms with van der Waals surface area (Å²) in [5, 5.41) is 4.17. The highest BCUT2D eigenvalue weighted by atomic mass is 127. The fourth-order valence-electron chi connectivity index (χ4n) is 1.72. The third-order valence-electron chi connectivity index (χ3n) is 2.55. The molecule has 0 radical (unpaired) electrons. The van der Waals surface area contributed by atoms with Crippen molar-refractivity contribution in [1.29, 1.82) is 0 Å². The third-order valence-corrected chi connectivity index (χ3v) is 3.06. The summed E-state index contributed by atoms with van der Waals surface area (Å²) in [7, 11) is 0. The van der Waals surface area contributed by atoms with Gasteiger partial charge < -0.3 is 4.84 Å².